The molecule has 1 aliphatic heterocycles. The predicted molar refractivity (Wildman–Crippen MR) is 82.6 cm³/mol. The van der Waals surface area contributed by atoms with Crippen LogP contribution in [0.3, 0.4) is 0 Å². The molecule has 0 aliphatic carbocycles. The minimum atomic E-state index is -0.113. The van der Waals surface area contributed by atoms with Crippen molar-refractivity contribution in [1.29, 1.82) is 0 Å². The summed E-state index contributed by atoms with van der Waals surface area (Å²) in [6, 6.07) is 5.71. The zero-order chi connectivity index (χ0) is 15.1. The lowest BCUT2D eigenvalue weighted by Crippen LogP contribution is -2.15. The number of aromatic nitrogens is 3. The van der Waals surface area contributed by atoms with Gasteiger partial charge in [0.1, 0.15) is 18.2 Å². The molecule has 0 unspecified atom stereocenters. The Labute approximate surface area is 130 Å². The van der Waals surface area contributed by atoms with Gasteiger partial charge in [-0.05, 0) is 24.6 Å². The van der Waals surface area contributed by atoms with Gasteiger partial charge in [0, 0.05) is 5.56 Å². The van der Waals surface area contributed by atoms with E-state index >= 15 is 0 Å². The average Bonchev–Trinajstić information content (AvgIpc) is 3.11. The number of rotatable bonds is 3. The first-order valence-corrected chi connectivity index (χ1v) is 8.00. The van der Waals surface area contributed by atoms with Crippen LogP contribution in [0.2, 0.25) is 0 Å². The highest BCUT2D eigenvalue weighted by Gasteiger charge is 2.19. The number of ether oxygens (including phenoxy) is 2. The molecular weight excluding hydrogens is 302 g/mol. The van der Waals surface area contributed by atoms with Gasteiger partial charge in [0.2, 0.25) is 4.96 Å². The first-order valence-electron chi connectivity index (χ1n) is 7.18. The van der Waals surface area contributed by atoms with Gasteiger partial charge in [-0.25, -0.2) is 9.50 Å². The highest BCUT2D eigenvalue weighted by atomic mass is 32.1. The second kappa shape index (κ2) is 5.26. The van der Waals surface area contributed by atoms with Crippen LogP contribution in [0.15, 0.2) is 18.2 Å². The van der Waals surface area contributed by atoms with Crippen LogP contribution >= 0.6 is 11.3 Å². The maximum atomic E-state index is 9.73. The minimum Gasteiger partial charge on any atom is -0.486 e. The number of nitrogens with zero attached hydrogens (tertiary/aromatic N) is 3. The first kappa shape index (κ1) is 13.5. The first-order chi connectivity index (χ1) is 10.8. The standard InChI is InChI=1S/C15H15N3O3S/c1-2-13-17-18-10(8-19)14(16-15(18)22-13)9-3-4-11-12(7-9)21-6-5-20-11/h3-4,7,19H,2,5-6,8H2,1H3. The third-order valence-electron chi connectivity index (χ3n) is 3.61. The van der Waals surface area contributed by atoms with E-state index in [9.17, 15) is 5.11 Å². The molecule has 114 valence electrons. The van der Waals surface area contributed by atoms with E-state index in [0.29, 0.717) is 24.7 Å². The monoisotopic (exact) mass is 317 g/mol. The molecule has 6 nitrogen and oxygen atoms in total. The van der Waals surface area contributed by atoms with Gasteiger partial charge in [-0.3, -0.25) is 0 Å². The Bertz CT molecular complexity index is 840. The fourth-order valence-electron chi connectivity index (χ4n) is 2.54. The van der Waals surface area contributed by atoms with E-state index in [4.69, 9.17) is 9.47 Å². The zero-order valence-corrected chi connectivity index (χ0v) is 12.9. The Morgan fingerprint density at radius 2 is 2.09 bits per heavy atom. The molecule has 2 aromatic heterocycles. The fourth-order valence-corrected chi connectivity index (χ4v) is 3.39. The van der Waals surface area contributed by atoms with Gasteiger partial charge < -0.3 is 14.6 Å². The van der Waals surface area contributed by atoms with Crippen molar-refractivity contribution < 1.29 is 14.6 Å². The number of aliphatic hydroxyl groups is 1. The Hall–Kier alpha value is -2.12. The van der Waals surface area contributed by atoms with Crippen molar-refractivity contribution in [3.05, 3.63) is 28.9 Å². The second-order valence-corrected chi connectivity index (χ2v) is 6.01. The highest BCUT2D eigenvalue weighted by Crippen LogP contribution is 2.36. The maximum absolute atomic E-state index is 9.73. The van der Waals surface area contributed by atoms with Crippen molar-refractivity contribution >= 4 is 16.3 Å². The number of imidazole rings is 1. The Morgan fingerprint density at radius 3 is 2.86 bits per heavy atom. The summed E-state index contributed by atoms with van der Waals surface area (Å²) in [4.78, 5) is 5.43. The molecule has 1 aliphatic rings. The lowest BCUT2D eigenvalue weighted by Gasteiger charge is -2.18. The molecule has 1 N–H and O–H groups in total. The van der Waals surface area contributed by atoms with Crippen LogP contribution in [-0.4, -0.2) is 32.9 Å². The van der Waals surface area contributed by atoms with Crippen molar-refractivity contribution in [2.45, 2.75) is 20.0 Å². The summed E-state index contributed by atoms with van der Waals surface area (Å²) in [5, 5.41) is 15.2. The van der Waals surface area contributed by atoms with E-state index in [2.05, 4.69) is 17.0 Å². The molecule has 0 spiro atoms. The van der Waals surface area contributed by atoms with Crippen LogP contribution in [-0.2, 0) is 13.0 Å². The van der Waals surface area contributed by atoms with Crippen LogP contribution in [0.4, 0.5) is 0 Å². The second-order valence-electron chi connectivity index (χ2n) is 4.97. The molecule has 1 aromatic carbocycles. The van der Waals surface area contributed by atoms with Crippen molar-refractivity contribution in [3.63, 3.8) is 0 Å². The molecule has 0 atom stereocenters. The van der Waals surface area contributed by atoms with Crippen LogP contribution < -0.4 is 9.47 Å². The van der Waals surface area contributed by atoms with E-state index in [1.165, 1.54) is 0 Å². The highest BCUT2D eigenvalue weighted by molar-refractivity contribution is 7.16. The van der Waals surface area contributed by atoms with Gasteiger partial charge in [0.15, 0.2) is 11.5 Å². The summed E-state index contributed by atoms with van der Waals surface area (Å²) in [6.07, 6.45) is 0.859. The average molecular weight is 317 g/mol. The summed E-state index contributed by atoms with van der Waals surface area (Å²) in [7, 11) is 0. The van der Waals surface area contributed by atoms with E-state index < -0.39 is 0 Å². The van der Waals surface area contributed by atoms with Crippen molar-refractivity contribution in [1.82, 2.24) is 14.6 Å². The molecule has 0 bridgehead atoms. The SMILES string of the molecule is CCc1nn2c(CO)c(-c3ccc4c(c3)OCCO4)nc2s1. The van der Waals surface area contributed by atoms with Crippen LogP contribution in [0, 0.1) is 0 Å². The zero-order valence-electron chi connectivity index (χ0n) is 12.1. The van der Waals surface area contributed by atoms with Crippen LogP contribution in [0.25, 0.3) is 16.2 Å². The Morgan fingerprint density at radius 1 is 1.27 bits per heavy atom. The quantitative estimate of drug-likeness (QED) is 0.802. The predicted octanol–water partition coefficient (Wildman–Crippen LogP) is 2.28. The molecule has 0 fully saturated rings. The third-order valence-corrected chi connectivity index (χ3v) is 4.66. The third kappa shape index (κ3) is 2.05. The molecule has 3 heterocycles. The molecule has 0 saturated carbocycles. The summed E-state index contributed by atoms with van der Waals surface area (Å²) in [6.45, 7) is 3.05. The molecule has 0 radical (unpaired) electrons. The molecule has 0 saturated heterocycles. The molecule has 22 heavy (non-hydrogen) atoms. The summed E-state index contributed by atoms with van der Waals surface area (Å²) in [5.74, 6) is 1.46. The summed E-state index contributed by atoms with van der Waals surface area (Å²) in [5.41, 5.74) is 2.33. The Kier molecular flexibility index (Phi) is 3.24. The number of fused-ring (bicyclic) bond motifs is 2. The number of aryl methyl sites for hydroxylation is 1. The van der Waals surface area contributed by atoms with E-state index in [0.717, 1.165) is 33.4 Å². The minimum absolute atomic E-state index is 0.113. The van der Waals surface area contributed by atoms with Gasteiger partial charge >= 0.3 is 0 Å². The van der Waals surface area contributed by atoms with Gasteiger partial charge in [0.25, 0.3) is 0 Å². The lowest BCUT2D eigenvalue weighted by atomic mass is 10.1. The maximum Gasteiger partial charge on any atom is 0.213 e. The van der Waals surface area contributed by atoms with Gasteiger partial charge in [-0.1, -0.05) is 18.3 Å². The summed E-state index contributed by atoms with van der Waals surface area (Å²) >= 11 is 1.54. The largest absolute Gasteiger partial charge is 0.486 e. The van der Waals surface area contributed by atoms with Gasteiger partial charge in [0.05, 0.1) is 18.0 Å². The van der Waals surface area contributed by atoms with Gasteiger partial charge in [-0.15, -0.1) is 0 Å². The molecule has 7 heteroatoms. The normalized spacial score (nSPS) is 13.7. The Balaban J connectivity index is 1.84. The molecule has 3 aromatic rings. The van der Waals surface area contributed by atoms with Crippen molar-refractivity contribution in [3.8, 4) is 22.8 Å². The molecule has 4 rings (SSSR count). The smallest absolute Gasteiger partial charge is 0.213 e. The number of hydrogen-bond donors (Lipinski definition) is 1. The van der Waals surface area contributed by atoms with Crippen LogP contribution in [0.1, 0.15) is 17.6 Å². The van der Waals surface area contributed by atoms with E-state index in [1.54, 1.807) is 15.9 Å². The topological polar surface area (TPSA) is 68.9 Å². The van der Waals surface area contributed by atoms with E-state index in [-0.39, 0.29) is 6.61 Å². The van der Waals surface area contributed by atoms with Crippen molar-refractivity contribution in [2.24, 2.45) is 0 Å². The molecular formula is C15H15N3O3S. The van der Waals surface area contributed by atoms with Crippen LogP contribution in [0.5, 0.6) is 11.5 Å². The fraction of sp³-hybridized carbons (Fsp3) is 0.333. The van der Waals surface area contributed by atoms with E-state index in [1.807, 2.05) is 18.2 Å². The lowest BCUT2D eigenvalue weighted by molar-refractivity contribution is 0.171. The summed E-state index contributed by atoms with van der Waals surface area (Å²) < 4.78 is 12.9. The van der Waals surface area contributed by atoms with Crippen molar-refractivity contribution in [2.75, 3.05) is 13.2 Å². The number of hydrogen-bond acceptors (Lipinski definition) is 6. The van der Waals surface area contributed by atoms with Gasteiger partial charge in [-0.2, -0.15) is 5.10 Å². The molecule has 0 amide bonds. The number of aliphatic hydroxyl groups excluding tert-OH is 1. The number of benzene rings is 1.